The minimum absolute atomic E-state index is 0.0861. The van der Waals surface area contributed by atoms with Crippen molar-refractivity contribution in [3.63, 3.8) is 0 Å². The molecule has 0 radical (unpaired) electrons. The van der Waals surface area contributed by atoms with Gasteiger partial charge in [-0.05, 0) is 0 Å². The molecule has 0 amide bonds. The molecule has 0 saturated heterocycles. The van der Waals surface area contributed by atoms with Crippen LogP contribution in [0.3, 0.4) is 0 Å². The molecule has 0 rings (SSSR count). The first-order valence-corrected chi connectivity index (χ1v) is 2.13. The van der Waals surface area contributed by atoms with Gasteiger partial charge >= 0.3 is 5.97 Å². The molecule has 2 nitrogen and oxygen atoms in total. The van der Waals surface area contributed by atoms with Crippen molar-refractivity contribution in [2.45, 2.75) is 0 Å². The van der Waals surface area contributed by atoms with Crippen molar-refractivity contribution >= 4 is 5.97 Å². The fraction of sp³-hybridized carbons (Fsp3) is 0.400. The Labute approximate surface area is 47.0 Å². The van der Waals surface area contributed by atoms with Crippen molar-refractivity contribution in [3.05, 3.63) is 12.7 Å². The van der Waals surface area contributed by atoms with Crippen LogP contribution in [0.25, 0.3) is 0 Å². The van der Waals surface area contributed by atoms with E-state index in [1.165, 1.54) is 6.08 Å². The summed E-state index contributed by atoms with van der Waals surface area (Å²) in [5.74, 6) is -0.843. The molecule has 0 aromatic heterocycles. The fourth-order valence-corrected chi connectivity index (χ4v) is 0.190. The summed E-state index contributed by atoms with van der Waals surface area (Å²) in [7, 11) is 0. The van der Waals surface area contributed by atoms with Crippen molar-refractivity contribution in [1.29, 1.82) is 0 Å². The zero-order valence-corrected chi connectivity index (χ0v) is 4.39. The van der Waals surface area contributed by atoms with Crippen LogP contribution in [-0.4, -0.2) is 19.3 Å². The third-order valence-corrected chi connectivity index (χ3v) is 0.471. The number of halogens is 1. The second kappa shape index (κ2) is 4.30. The lowest BCUT2D eigenvalue weighted by Gasteiger charge is -1.93. The van der Waals surface area contributed by atoms with Gasteiger partial charge in [-0.25, -0.2) is 9.18 Å². The van der Waals surface area contributed by atoms with Gasteiger partial charge in [-0.15, -0.1) is 0 Å². The minimum Gasteiger partial charge on any atom is -0.460 e. The molecule has 0 heterocycles. The maximum atomic E-state index is 11.2. The Kier molecular flexibility index (Phi) is 3.84. The van der Waals surface area contributed by atoms with Crippen LogP contribution in [0.5, 0.6) is 0 Å². The van der Waals surface area contributed by atoms with E-state index in [1.54, 1.807) is 0 Å². The number of carbonyl (C=O) groups excluding carboxylic acids is 1. The van der Waals surface area contributed by atoms with Crippen LogP contribution in [0.4, 0.5) is 4.39 Å². The van der Waals surface area contributed by atoms with Gasteiger partial charge < -0.3 is 4.74 Å². The molecule has 0 fully saturated rings. The smallest absolute Gasteiger partial charge is 0.337 e. The summed E-state index contributed by atoms with van der Waals surface area (Å²) in [6, 6.07) is 0. The highest BCUT2D eigenvalue weighted by atomic mass is 19.1. The van der Waals surface area contributed by atoms with Gasteiger partial charge in [0.05, 0.1) is 0 Å². The standard InChI is InChI=1S/C5H7FO2/c1-2-3-8-5(7)4-6/h2H,1,3-4H2. The van der Waals surface area contributed by atoms with Crippen molar-refractivity contribution in [2.24, 2.45) is 0 Å². The molecule has 0 aromatic carbocycles. The monoisotopic (exact) mass is 118 g/mol. The normalized spacial score (nSPS) is 8.12. The zero-order valence-electron chi connectivity index (χ0n) is 4.39. The Morgan fingerprint density at radius 2 is 2.50 bits per heavy atom. The number of ether oxygens (including phenoxy) is 1. The van der Waals surface area contributed by atoms with Crippen LogP contribution < -0.4 is 0 Å². The molecule has 0 aliphatic carbocycles. The summed E-state index contributed by atoms with van der Waals surface area (Å²) in [4.78, 5) is 9.93. The highest BCUT2D eigenvalue weighted by Gasteiger charge is 1.95. The summed E-state index contributed by atoms with van der Waals surface area (Å²) in [5, 5.41) is 0. The van der Waals surface area contributed by atoms with E-state index in [-0.39, 0.29) is 6.61 Å². The summed E-state index contributed by atoms with van der Waals surface area (Å²) in [6.45, 7) is 2.29. The molecular formula is C5H7FO2. The number of carbonyl (C=O) groups is 1. The van der Waals surface area contributed by atoms with Gasteiger partial charge in [0, 0.05) is 0 Å². The molecule has 0 saturated carbocycles. The van der Waals surface area contributed by atoms with E-state index in [0.717, 1.165) is 0 Å². The maximum absolute atomic E-state index is 11.2. The average molecular weight is 118 g/mol. The first-order chi connectivity index (χ1) is 3.81. The molecule has 3 heteroatoms. The lowest BCUT2D eigenvalue weighted by Crippen LogP contribution is -2.05. The van der Waals surface area contributed by atoms with Gasteiger partial charge in [-0.3, -0.25) is 0 Å². The molecule has 0 aromatic rings. The summed E-state index contributed by atoms with van der Waals surface area (Å²) in [5.41, 5.74) is 0. The van der Waals surface area contributed by atoms with E-state index in [9.17, 15) is 9.18 Å². The second-order valence-electron chi connectivity index (χ2n) is 1.11. The van der Waals surface area contributed by atoms with Gasteiger partial charge in [0.15, 0.2) is 6.67 Å². The number of esters is 1. The van der Waals surface area contributed by atoms with Crippen LogP contribution in [0.2, 0.25) is 0 Å². The molecule has 0 spiro atoms. The summed E-state index contributed by atoms with van der Waals surface area (Å²) >= 11 is 0. The van der Waals surface area contributed by atoms with Gasteiger partial charge in [-0.2, -0.15) is 0 Å². The quantitative estimate of drug-likeness (QED) is 0.402. The minimum atomic E-state index is -1.06. The van der Waals surface area contributed by atoms with E-state index >= 15 is 0 Å². The van der Waals surface area contributed by atoms with Gasteiger partial charge in [0.2, 0.25) is 0 Å². The maximum Gasteiger partial charge on any atom is 0.337 e. The van der Waals surface area contributed by atoms with E-state index in [4.69, 9.17) is 0 Å². The highest BCUT2D eigenvalue weighted by Crippen LogP contribution is 1.78. The predicted molar refractivity (Wildman–Crippen MR) is 27.1 cm³/mol. The third-order valence-electron chi connectivity index (χ3n) is 0.471. The van der Waals surface area contributed by atoms with Crippen LogP contribution in [0.1, 0.15) is 0 Å². The van der Waals surface area contributed by atoms with Gasteiger partial charge in [0.1, 0.15) is 6.61 Å². The van der Waals surface area contributed by atoms with Crippen molar-refractivity contribution in [3.8, 4) is 0 Å². The Hall–Kier alpha value is -0.860. The molecule has 0 N–H and O–H groups in total. The third kappa shape index (κ3) is 3.33. The molecule has 8 heavy (non-hydrogen) atoms. The van der Waals surface area contributed by atoms with Crippen LogP contribution >= 0.6 is 0 Å². The topological polar surface area (TPSA) is 26.3 Å². The number of rotatable bonds is 3. The number of alkyl halides is 1. The summed E-state index contributed by atoms with van der Waals surface area (Å²) < 4.78 is 15.4. The number of hydrogen-bond acceptors (Lipinski definition) is 2. The Bertz CT molecular complexity index is 90.4. The first-order valence-electron chi connectivity index (χ1n) is 2.13. The highest BCUT2D eigenvalue weighted by molar-refractivity contribution is 5.70. The van der Waals surface area contributed by atoms with Crippen LogP contribution in [0.15, 0.2) is 12.7 Å². The molecule has 46 valence electrons. The first kappa shape index (κ1) is 7.14. The summed E-state index contributed by atoms with van der Waals surface area (Å²) in [6.07, 6.45) is 1.38. The van der Waals surface area contributed by atoms with Crippen molar-refractivity contribution in [2.75, 3.05) is 13.3 Å². The average Bonchev–Trinajstić information content (AvgIpc) is 1.83. The molecule has 0 bridgehead atoms. The van der Waals surface area contributed by atoms with E-state index in [1.807, 2.05) is 0 Å². The SMILES string of the molecule is C=CCOC(=O)CF. The zero-order chi connectivity index (χ0) is 6.41. The molecule has 0 aliphatic heterocycles. The second-order valence-corrected chi connectivity index (χ2v) is 1.11. The lowest BCUT2D eigenvalue weighted by molar-refractivity contribution is -0.143. The van der Waals surface area contributed by atoms with Crippen LogP contribution in [0, 0.1) is 0 Å². The predicted octanol–water partition coefficient (Wildman–Crippen LogP) is 0.685. The Balaban J connectivity index is 3.11. The van der Waals surface area contributed by atoms with Crippen LogP contribution in [-0.2, 0) is 9.53 Å². The largest absolute Gasteiger partial charge is 0.460 e. The van der Waals surface area contributed by atoms with Crippen molar-refractivity contribution in [1.82, 2.24) is 0 Å². The molecule has 0 aliphatic rings. The van der Waals surface area contributed by atoms with Gasteiger partial charge in [-0.1, -0.05) is 12.7 Å². The van der Waals surface area contributed by atoms with E-state index in [2.05, 4.69) is 11.3 Å². The van der Waals surface area contributed by atoms with Gasteiger partial charge in [0.25, 0.3) is 0 Å². The Morgan fingerprint density at radius 1 is 1.88 bits per heavy atom. The molecule has 0 atom stereocenters. The van der Waals surface area contributed by atoms with E-state index in [0.29, 0.717) is 0 Å². The number of hydrogen-bond donors (Lipinski definition) is 0. The molecular weight excluding hydrogens is 111 g/mol. The Morgan fingerprint density at radius 3 is 2.88 bits per heavy atom. The molecule has 0 unspecified atom stereocenters. The van der Waals surface area contributed by atoms with E-state index < -0.39 is 12.6 Å². The van der Waals surface area contributed by atoms with Crippen molar-refractivity contribution < 1.29 is 13.9 Å². The lowest BCUT2D eigenvalue weighted by atomic mass is 10.7. The fourth-order valence-electron chi connectivity index (χ4n) is 0.190.